The molecule has 1 aromatic carbocycles. The second kappa shape index (κ2) is 9.75. The van der Waals surface area contributed by atoms with Gasteiger partial charge in [-0.25, -0.2) is 17.7 Å². The molecule has 3 rings (SSSR count). The maximum Gasteiger partial charge on any atom is 0.242 e. The van der Waals surface area contributed by atoms with Crippen molar-refractivity contribution in [3.63, 3.8) is 0 Å². The van der Waals surface area contributed by atoms with Gasteiger partial charge in [0.05, 0.1) is 16.8 Å². The number of amides is 1. The maximum atomic E-state index is 12.6. The van der Waals surface area contributed by atoms with Crippen LogP contribution in [0.2, 0.25) is 0 Å². The van der Waals surface area contributed by atoms with Gasteiger partial charge in [0.1, 0.15) is 12.4 Å². The van der Waals surface area contributed by atoms with E-state index in [0.29, 0.717) is 23.0 Å². The number of hydrogen-bond acceptors (Lipinski definition) is 8. The van der Waals surface area contributed by atoms with E-state index in [1.54, 1.807) is 49.9 Å². The second-order valence-corrected chi connectivity index (χ2v) is 9.32. The Kier molecular flexibility index (Phi) is 7.05. The summed E-state index contributed by atoms with van der Waals surface area (Å²) in [7, 11) is 1.00. The number of likely N-dealkylation sites (N-methyl/N-ethyl adjacent to an activating group) is 1. The molecule has 3 N–H and O–H groups in total. The van der Waals surface area contributed by atoms with E-state index in [2.05, 4.69) is 31.0 Å². The van der Waals surface area contributed by atoms with Gasteiger partial charge < -0.3 is 16.0 Å². The molecule has 12 heteroatoms. The van der Waals surface area contributed by atoms with Crippen LogP contribution in [0.4, 0.5) is 17.5 Å². The quantitative estimate of drug-likeness (QED) is 0.437. The Morgan fingerprint density at radius 1 is 1.19 bits per heavy atom. The summed E-state index contributed by atoms with van der Waals surface area (Å²) in [6.07, 6.45) is 4.91. The van der Waals surface area contributed by atoms with Gasteiger partial charge in [0, 0.05) is 45.6 Å². The van der Waals surface area contributed by atoms with Crippen LogP contribution in [-0.4, -0.2) is 59.5 Å². The third kappa shape index (κ3) is 5.39. The number of rotatable bonds is 9. The van der Waals surface area contributed by atoms with Crippen molar-refractivity contribution in [2.75, 3.05) is 31.8 Å². The largest absolute Gasteiger partial charge is 0.366 e. The first-order valence-corrected chi connectivity index (χ1v) is 11.2. The third-order valence-electron chi connectivity index (χ3n) is 4.62. The predicted molar refractivity (Wildman–Crippen MR) is 121 cm³/mol. The Morgan fingerprint density at radius 2 is 1.94 bits per heavy atom. The molecule has 32 heavy (non-hydrogen) atoms. The predicted octanol–water partition coefficient (Wildman–Crippen LogP) is 1.33. The highest BCUT2D eigenvalue weighted by Crippen LogP contribution is 2.21. The van der Waals surface area contributed by atoms with Gasteiger partial charge in [0.2, 0.25) is 21.9 Å². The summed E-state index contributed by atoms with van der Waals surface area (Å²) in [6, 6.07) is 6.84. The molecule has 0 saturated carbocycles. The van der Waals surface area contributed by atoms with Gasteiger partial charge >= 0.3 is 0 Å². The van der Waals surface area contributed by atoms with E-state index in [0.717, 1.165) is 5.56 Å². The Balaban J connectivity index is 1.75. The summed E-state index contributed by atoms with van der Waals surface area (Å²) < 4.78 is 27.9. The number of nitrogens with one attached hydrogen (secondary N) is 3. The number of carbonyl (C=O) groups is 1. The number of benzene rings is 1. The minimum Gasteiger partial charge on any atom is -0.366 e. The lowest BCUT2D eigenvalue weighted by Gasteiger charge is -2.16. The standard InChI is InChI=1S/C20H26N8O3S/c1-14-9-23-20(25-16-11-24-28(12-16)13-18(29)21-2)26-19(14)22-10-15-7-5-6-8-17(15)32(30,31)27(3)4/h5-9,11-12H,10,13H2,1-4H3,(H,21,29)(H2,22,23,25,26). The van der Waals surface area contributed by atoms with Gasteiger partial charge in [-0.05, 0) is 18.6 Å². The van der Waals surface area contributed by atoms with Crippen LogP contribution in [-0.2, 0) is 27.9 Å². The number of aromatic nitrogens is 4. The van der Waals surface area contributed by atoms with Crippen LogP contribution < -0.4 is 16.0 Å². The zero-order chi connectivity index (χ0) is 23.3. The molecule has 0 aliphatic carbocycles. The number of sulfonamides is 1. The first kappa shape index (κ1) is 23.2. The van der Waals surface area contributed by atoms with E-state index in [4.69, 9.17) is 0 Å². The van der Waals surface area contributed by atoms with Gasteiger partial charge in [-0.15, -0.1) is 0 Å². The van der Waals surface area contributed by atoms with E-state index in [-0.39, 0.29) is 23.9 Å². The fourth-order valence-corrected chi connectivity index (χ4v) is 3.94. The molecule has 2 heterocycles. The number of hydrogen-bond donors (Lipinski definition) is 3. The van der Waals surface area contributed by atoms with E-state index < -0.39 is 10.0 Å². The summed E-state index contributed by atoms with van der Waals surface area (Å²) in [5.41, 5.74) is 2.06. The molecule has 2 aromatic heterocycles. The van der Waals surface area contributed by atoms with Crippen molar-refractivity contribution in [2.24, 2.45) is 0 Å². The van der Waals surface area contributed by atoms with Crippen LogP contribution in [0.25, 0.3) is 0 Å². The maximum absolute atomic E-state index is 12.6. The topological polar surface area (TPSA) is 134 Å². The minimum atomic E-state index is -3.57. The van der Waals surface area contributed by atoms with Crippen molar-refractivity contribution in [3.05, 3.63) is 54.0 Å². The minimum absolute atomic E-state index is 0.106. The molecule has 1 amide bonds. The molecule has 11 nitrogen and oxygen atoms in total. The number of carbonyl (C=O) groups excluding carboxylic acids is 1. The van der Waals surface area contributed by atoms with Crippen LogP contribution in [0.1, 0.15) is 11.1 Å². The van der Waals surface area contributed by atoms with Crippen LogP contribution >= 0.6 is 0 Å². The monoisotopic (exact) mass is 458 g/mol. The fraction of sp³-hybridized carbons (Fsp3) is 0.300. The molecule has 0 fully saturated rings. The van der Waals surface area contributed by atoms with Crippen molar-refractivity contribution < 1.29 is 13.2 Å². The Bertz CT molecular complexity index is 1210. The van der Waals surface area contributed by atoms with Gasteiger partial charge in [0.25, 0.3) is 0 Å². The highest BCUT2D eigenvalue weighted by Gasteiger charge is 2.20. The Labute approximate surface area is 186 Å². The van der Waals surface area contributed by atoms with Crippen LogP contribution in [0, 0.1) is 6.92 Å². The second-order valence-electron chi connectivity index (χ2n) is 7.20. The first-order valence-electron chi connectivity index (χ1n) is 9.78. The first-order chi connectivity index (χ1) is 15.2. The summed E-state index contributed by atoms with van der Waals surface area (Å²) in [5.74, 6) is 0.749. The molecule has 0 aliphatic rings. The Hall–Kier alpha value is -3.51. The average Bonchev–Trinajstić information content (AvgIpc) is 3.20. The van der Waals surface area contributed by atoms with Crippen molar-refractivity contribution in [1.82, 2.24) is 29.4 Å². The summed E-state index contributed by atoms with van der Waals surface area (Å²) >= 11 is 0. The highest BCUT2D eigenvalue weighted by molar-refractivity contribution is 7.89. The number of anilines is 3. The molecular weight excluding hydrogens is 432 g/mol. The molecule has 0 saturated heterocycles. The van der Waals surface area contributed by atoms with Crippen LogP contribution in [0.5, 0.6) is 0 Å². The molecule has 0 atom stereocenters. The molecule has 0 bridgehead atoms. The zero-order valence-corrected chi connectivity index (χ0v) is 19.1. The van der Waals surface area contributed by atoms with E-state index in [9.17, 15) is 13.2 Å². The molecule has 0 radical (unpaired) electrons. The summed E-state index contributed by atoms with van der Waals surface area (Å²) in [4.78, 5) is 20.5. The van der Waals surface area contributed by atoms with E-state index in [1.165, 1.54) is 23.1 Å². The van der Waals surface area contributed by atoms with Gasteiger partial charge in [-0.2, -0.15) is 10.1 Å². The Morgan fingerprint density at radius 3 is 2.66 bits per heavy atom. The summed E-state index contributed by atoms with van der Waals surface area (Å²) in [6.45, 7) is 2.23. The number of aryl methyl sites for hydroxylation is 1. The van der Waals surface area contributed by atoms with Gasteiger partial charge in [-0.1, -0.05) is 18.2 Å². The third-order valence-corrected chi connectivity index (χ3v) is 6.54. The number of nitrogens with zero attached hydrogens (tertiary/aromatic N) is 5. The van der Waals surface area contributed by atoms with Crippen molar-refractivity contribution in [2.45, 2.75) is 24.9 Å². The van der Waals surface area contributed by atoms with E-state index >= 15 is 0 Å². The molecule has 0 spiro atoms. The van der Waals surface area contributed by atoms with Crippen molar-refractivity contribution in [1.29, 1.82) is 0 Å². The van der Waals surface area contributed by atoms with Crippen molar-refractivity contribution in [3.8, 4) is 0 Å². The lowest BCUT2D eigenvalue weighted by atomic mass is 10.2. The average molecular weight is 459 g/mol. The van der Waals surface area contributed by atoms with E-state index in [1.807, 2.05) is 6.92 Å². The SMILES string of the molecule is CNC(=O)Cn1cc(Nc2ncc(C)c(NCc3ccccc3S(=O)(=O)N(C)C)n2)cn1. The molecule has 170 valence electrons. The van der Waals surface area contributed by atoms with Crippen molar-refractivity contribution >= 4 is 33.4 Å². The van der Waals surface area contributed by atoms with Crippen LogP contribution in [0.3, 0.4) is 0 Å². The summed E-state index contributed by atoms with van der Waals surface area (Å²) in [5, 5.41) is 12.9. The van der Waals surface area contributed by atoms with Crippen LogP contribution in [0.15, 0.2) is 47.8 Å². The highest BCUT2D eigenvalue weighted by atomic mass is 32.2. The smallest absolute Gasteiger partial charge is 0.242 e. The zero-order valence-electron chi connectivity index (χ0n) is 18.3. The molecular formula is C20H26N8O3S. The van der Waals surface area contributed by atoms with Gasteiger partial charge in [0.15, 0.2) is 0 Å². The molecule has 3 aromatic rings. The molecule has 0 aliphatic heterocycles. The lowest BCUT2D eigenvalue weighted by Crippen LogP contribution is -2.24. The normalized spacial score (nSPS) is 11.4. The lowest BCUT2D eigenvalue weighted by molar-refractivity contribution is -0.121. The molecule has 0 unspecified atom stereocenters. The fourth-order valence-electron chi connectivity index (χ4n) is 2.83. The van der Waals surface area contributed by atoms with Gasteiger partial charge in [-0.3, -0.25) is 9.48 Å².